The van der Waals surface area contributed by atoms with Crippen LogP contribution < -0.4 is 10.5 Å². The molecular weight excluding hydrogens is 461 g/mol. The molecule has 0 saturated carbocycles. The molecule has 176 valence electrons. The summed E-state index contributed by atoms with van der Waals surface area (Å²) in [5.74, 6) is -1.83. The molecule has 0 aliphatic heterocycles. The number of phenols is 1. The number of aromatic hydroxyl groups is 1. The summed E-state index contributed by atoms with van der Waals surface area (Å²) in [6.45, 7) is 2.18. The van der Waals surface area contributed by atoms with Gasteiger partial charge in [-0.1, -0.05) is 17.7 Å². The molecule has 9 heteroatoms. The number of hydrogen-bond acceptors (Lipinski definition) is 5. The summed E-state index contributed by atoms with van der Waals surface area (Å²) in [5.41, 5.74) is 7.07. The molecule has 7 nitrogen and oxygen atoms in total. The van der Waals surface area contributed by atoms with Gasteiger partial charge in [0.25, 0.3) is 5.91 Å². The van der Waals surface area contributed by atoms with Gasteiger partial charge >= 0.3 is 0 Å². The molecule has 0 bridgehead atoms. The zero-order valence-electron chi connectivity index (χ0n) is 18.4. The average molecular weight is 484 g/mol. The maximum atomic E-state index is 14.6. The summed E-state index contributed by atoms with van der Waals surface area (Å²) in [5, 5.41) is 10.8. The monoisotopic (exact) mass is 483 g/mol. The van der Waals surface area contributed by atoms with Crippen LogP contribution in [-0.4, -0.2) is 33.4 Å². The van der Waals surface area contributed by atoms with Gasteiger partial charge in [0.1, 0.15) is 23.4 Å². The van der Waals surface area contributed by atoms with Crippen molar-refractivity contribution in [1.82, 2.24) is 9.88 Å². The minimum Gasteiger partial charge on any atom is -0.507 e. The first-order chi connectivity index (χ1) is 16.3. The first-order valence-corrected chi connectivity index (χ1v) is 11.1. The van der Waals surface area contributed by atoms with E-state index in [1.54, 1.807) is 31.2 Å². The van der Waals surface area contributed by atoms with Crippen molar-refractivity contribution in [2.45, 2.75) is 31.8 Å². The lowest BCUT2D eigenvalue weighted by atomic mass is 9.98. The summed E-state index contributed by atoms with van der Waals surface area (Å²) >= 11 is 6.13. The number of pyridine rings is 1. The van der Waals surface area contributed by atoms with E-state index in [-0.39, 0.29) is 16.3 Å². The largest absolute Gasteiger partial charge is 0.507 e. The zero-order chi connectivity index (χ0) is 24.4. The molecule has 0 unspecified atom stereocenters. The number of carbonyl (C=O) groups is 2. The molecule has 3 N–H and O–H groups in total. The van der Waals surface area contributed by atoms with Crippen LogP contribution in [0.15, 0.2) is 54.9 Å². The Hall–Kier alpha value is -3.65. The number of fused-ring (bicyclic) bond motifs is 1. The van der Waals surface area contributed by atoms with Crippen LogP contribution in [0.3, 0.4) is 0 Å². The maximum Gasteiger partial charge on any atom is 0.259 e. The third kappa shape index (κ3) is 4.41. The highest BCUT2D eigenvalue weighted by molar-refractivity contribution is 6.30. The summed E-state index contributed by atoms with van der Waals surface area (Å²) in [6, 6.07) is 8.46. The van der Waals surface area contributed by atoms with Crippen LogP contribution in [0.2, 0.25) is 5.02 Å². The lowest BCUT2D eigenvalue weighted by Gasteiger charge is -2.36. The quantitative estimate of drug-likeness (QED) is 0.520. The number of hydrogen-bond donors (Lipinski definition) is 2. The van der Waals surface area contributed by atoms with Crippen LogP contribution in [0.25, 0.3) is 0 Å². The van der Waals surface area contributed by atoms with E-state index in [1.165, 1.54) is 35.5 Å². The van der Waals surface area contributed by atoms with Gasteiger partial charge in [-0.05, 0) is 61.2 Å². The van der Waals surface area contributed by atoms with Crippen molar-refractivity contribution in [2.24, 2.45) is 5.73 Å². The fourth-order valence-corrected chi connectivity index (χ4v) is 4.65. The Morgan fingerprint density at radius 2 is 2.12 bits per heavy atom. The van der Waals surface area contributed by atoms with Crippen molar-refractivity contribution in [3.8, 4) is 11.5 Å². The predicted molar refractivity (Wildman–Crippen MR) is 124 cm³/mol. The van der Waals surface area contributed by atoms with Crippen LogP contribution >= 0.6 is 11.6 Å². The lowest BCUT2D eigenvalue weighted by molar-refractivity contribution is -0.123. The van der Waals surface area contributed by atoms with Crippen LogP contribution in [0.4, 0.5) is 4.39 Å². The van der Waals surface area contributed by atoms with E-state index in [2.05, 4.69) is 4.98 Å². The van der Waals surface area contributed by atoms with Crippen molar-refractivity contribution in [3.05, 3.63) is 88.0 Å². The highest BCUT2D eigenvalue weighted by Gasteiger charge is 2.41. The van der Waals surface area contributed by atoms with Crippen LogP contribution in [-0.2, 0) is 11.2 Å². The SMILES string of the molecule is CCOc1ccc(C(=O)N([C@@H]2CCc3c(F)cc(Cl)cc32)[C@@H](C(N)=O)c2cccnc2)c(O)c1. The van der Waals surface area contributed by atoms with Gasteiger partial charge in [-0.25, -0.2) is 4.39 Å². The van der Waals surface area contributed by atoms with Crippen molar-refractivity contribution in [1.29, 1.82) is 0 Å². The van der Waals surface area contributed by atoms with E-state index < -0.39 is 29.7 Å². The molecule has 2 aromatic carbocycles. The second-order valence-electron chi connectivity index (χ2n) is 7.93. The smallest absolute Gasteiger partial charge is 0.259 e. The van der Waals surface area contributed by atoms with Gasteiger partial charge in [-0.2, -0.15) is 0 Å². The Bertz CT molecular complexity index is 1240. The van der Waals surface area contributed by atoms with Crippen molar-refractivity contribution >= 4 is 23.4 Å². The Morgan fingerprint density at radius 3 is 2.76 bits per heavy atom. The third-order valence-corrected chi connectivity index (χ3v) is 6.07. The highest BCUT2D eigenvalue weighted by atomic mass is 35.5. The van der Waals surface area contributed by atoms with Gasteiger partial charge in [0.15, 0.2) is 0 Å². The molecule has 1 aliphatic carbocycles. The van der Waals surface area contributed by atoms with Crippen molar-refractivity contribution in [3.63, 3.8) is 0 Å². The predicted octanol–water partition coefficient (Wildman–Crippen LogP) is 4.33. The normalized spacial score (nSPS) is 15.4. The van der Waals surface area contributed by atoms with Crippen molar-refractivity contribution < 1.29 is 23.8 Å². The fourth-order valence-electron chi connectivity index (χ4n) is 4.44. The van der Waals surface area contributed by atoms with Gasteiger partial charge in [-0.3, -0.25) is 14.6 Å². The van der Waals surface area contributed by atoms with Crippen LogP contribution in [0.5, 0.6) is 11.5 Å². The third-order valence-electron chi connectivity index (χ3n) is 5.85. The second kappa shape index (κ2) is 9.69. The van der Waals surface area contributed by atoms with Crippen LogP contribution in [0.1, 0.15) is 52.5 Å². The number of nitrogens with two attached hydrogens (primary N) is 1. The topological polar surface area (TPSA) is 106 Å². The number of primary amides is 1. The number of ether oxygens (including phenoxy) is 1. The summed E-state index contributed by atoms with van der Waals surface area (Å²) < 4.78 is 20.0. The second-order valence-corrected chi connectivity index (χ2v) is 8.36. The maximum absolute atomic E-state index is 14.6. The molecule has 34 heavy (non-hydrogen) atoms. The Balaban J connectivity index is 1.87. The Labute approximate surface area is 200 Å². The molecule has 0 fully saturated rings. The molecular formula is C25H23ClFN3O4. The molecule has 2 amide bonds. The zero-order valence-corrected chi connectivity index (χ0v) is 19.1. The van der Waals surface area contributed by atoms with Gasteiger partial charge in [0.2, 0.25) is 5.91 Å². The van der Waals surface area contributed by atoms with E-state index in [0.29, 0.717) is 41.9 Å². The van der Waals surface area contributed by atoms with E-state index in [4.69, 9.17) is 22.1 Å². The number of halogens is 2. The number of phenolic OH excluding ortho intramolecular Hbond substituents is 1. The Kier molecular flexibility index (Phi) is 6.70. The molecule has 1 aromatic heterocycles. The number of rotatable bonds is 7. The number of amides is 2. The number of nitrogens with zero attached hydrogens (tertiary/aromatic N) is 2. The first-order valence-electron chi connectivity index (χ1n) is 10.8. The summed E-state index contributed by atoms with van der Waals surface area (Å²) in [7, 11) is 0. The van der Waals surface area contributed by atoms with Gasteiger partial charge in [0.05, 0.1) is 18.2 Å². The molecule has 3 aromatic rings. The molecule has 1 aliphatic rings. The number of carbonyl (C=O) groups excluding carboxylic acids is 2. The van der Waals surface area contributed by atoms with Crippen LogP contribution in [0, 0.1) is 5.82 Å². The highest BCUT2D eigenvalue weighted by Crippen LogP contribution is 2.43. The van der Waals surface area contributed by atoms with E-state index >= 15 is 0 Å². The van der Waals surface area contributed by atoms with Gasteiger partial charge in [-0.15, -0.1) is 0 Å². The van der Waals surface area contributed by atoms with E-state index in [9.17, 15) is 19.1 Å². The Morgan fingerprint density at radius 1 is 1.32 bits per heavy atom. The minimum absolute atomic E-state index is 0.0467. The van der Waals surface area contributed by atoms with E-state index in [0.717, 1.165) is 0 Å². The van der Waals surface area contributed by atoms with Crippen molar-refractivity contribution in [2.75, 3.05) is 6.61 Å². The summed E-state index contributed by atoms with van der Waals surface area (Å²) in [6.07, 6.45) is 3.68. The molecule has 0 saturated heterocycles. The standard InChI is InChI=1S/C25H23ClFN3O4/c1-2-34-16-5-6-18(22(31)12-16)25(33)30(23(24(28)32)14-4-3-9-29-13-14)21-8-7-17-19(21)10-15(26)11-20(17)27/h3-6,9-13,21,23,31H,2,7-8H2,1H3,(H2,28,32)/t21-,23-/m1/s1. The van der Waals surface area contributed by atoms with Gasteiger partial charge < -0.3 is 20.5 Å². The first kappa shape index (κ1) is 23.5. The lowest BCUT2D eigenvalue weighted by Crippen LogP contribution is -2.43. The fraction of sp³-hybridized carbons (Fsp3) is 0.240. The molecule has 0 spiro atoms. The molecule has 2 atom stereocenters. The molecule has 4 rings (SSSR count). The number of aromatic nitrogens is 1. The summed E-state index contributed by atoms with van der Waals surface area (Å²) in [4.78, 5) is 32.0. The van der Waals surface area contributed by atoms with E-state index in [1.807, 2.05) is 0 Å². The molecule has 0 radical (unpaired) electrons. The molecule has 1 heterocycles. The minimum atomic E-state index is -1.22. The number of benzene rings is 2. The van der Waals surface area contributed by atoms with Gasteiger partial charge in [0, 0.05) is 29.0 Å². The average Bonchev–Trinajstić information content (AvgIpc) is 3.21.